The van der Waals surface area contributed by atoms with Crippen LogP contribution in [0.5, 0.6) is 0 Å². The zero-order valence-corrected chi connectivity index (χ0v) is 22.1. The predicted octanol–water partition coefficient (Wildman–Crippen LogP) is 8.50. The van der Waals surface area contributed by atoms with E-state index in [1.165, 1.54) is 89.0 Å². The van der Waals surface area contributed by atoms with Gasteiger partial charge >= 0.3 is 10.1 Å². The molecule has 0 spiro atoms. The van der Waals surface area contributed by atoms with Crippen LogP contribution < -0.4 is 0 Å². The van der Waals surface area contributed by atoms with E-state index in [4.69, 9.17) is 0 Å². The molecule has 3 aromatic rings. The van der Waals surface area contributed by atoms with Crippen molar-refractivity contribution in [1.82, 2.24) is 9.97 Å². The van der Waals surface area contributed by atoms with Gasteiger partial charge in [-0.2, -0.15) is 8.42 Å². The second-order valence-electron chi connectivity index (χ2n) is 9.72. The first kappa shape index (κ1) is 27.4. The van der Waals surface area contributed by atoms with Gasteiger partial charge in [0.15, 0.2) is 0 Å². The highest BCUT2D eigenvalue weighted by atomic mass is 32.2. The Hall–Kier alpha value is -2.18. The lowest BCUT2D eigenvalue weighted by Gasteiger charge is -2.11. The van der Waals surface area contributed by atoms with Crippen LogP contribution in [0.25, 0.3) is 22.2 Å². The summed E-state index contributed by atoms with van der Waals surface area (Å²) in [6.07, 6.45) is 19.6. The summed E-state index contributed by atoms with van der Waals surface area (Å²) in [5, 5.41) is -0.404. The van der Waals surface area contributed by atoms with E-state index in [0.717, 1.165) is 24.0 Å². The minimum atomic E-state index is -4.39. The molecule has 192 valence electrons. The number of hydrogen-bond donors (Lipinski definition) is 2. The fourth-order valence-electron chi connectivity index (χ4n) is 4.87. The average Bonchev–Trinajstić information content (AvgIpc) is 3.30. The van der Waals surface area contributed by atoms with Gasteiger partial charge in [-0.05, 0) is 30.0 Å². The molecule has 1 aromatic heterocycles. The fourth-order valence-corrected chi connectivity index (χ4v) is 5.32. The summed E-state index contributed by atoms with van der Waals surface area (Å²) in [4.78, 5) is 6.94. The van der Waals surface area contributed by atoms with E-state index >= 15 is 0 Å². The molecule has 35 heavy (non-hydrogen) atoms. The van der Waals surface area contributed by atoms with Crippen LogP contribution >= 0.6 is 0 Å². The number of aromatic nitrogens is 2. The van der Waals surface area contributed by atoms with Crippen molar-refractivity contribution in [3.05, 3.63) is 48.0 Å². The number of aromatic amines is 1. The maximum absolute atomic E-state index is 11.6. The monoisotopic (exact) mass is 498 g/mol. The van der Waals surface area contributed by atoms with Gasteiger partial charge in [-0.25, -0.2) is 4.98 Å². The highest BCUT2D eigenvalue weighted by Gasteiger charge is 2.19. The van der Waals surface area contributed by atoms with Crippen LogP contribution in [0.15, 0.2) is 47.6 Å². The molecule has 0 radical (unpaired) electrons. The van der Waals surface area contributed by atoms with Crippen LogP contribution in [0.2, 0.25) is 0 Å². The van der Waals surface area contributed by atoms with Gasteiger partial charge in [0, 0.05) is 5.56 Å². The second kappa shape index (κ2) is 14.4. The van der Waals surface area contributed by atoms with Gasteiger partial charge in [-0.1, -0.05) is 127 Å². The maximum atomic E-state index is 11.6. The summed E-state index contributed by atoms with van der Waals surface area (Å²) in [6.45, 7) is 2.27. The molecule has 6 heteroatoms. The van der Waals surface area contributed by atoms with Crippen molar-refractivity contribution in [1.29, 1.82) is 0 Å². The van der Waals surface area contributed by atoms with E-state index in [2.05, 4.69) is 16.9 Å². The average molecular weight is 499 g/mol. The standard InChI is InChI=1S/C29H42N2O3S/c1-2-3-4-5-6-7-8-9-10-11-12-13-14-16-21-25-22-23-26-28(31-29(30-26)35(32,33)34)27(25)24-19-17-15-18-20-24/h15,17-20,22-23H,2-14,16,21H2,1H3,(H,30,31)(H,32,33,34). The van der Waals surface area contributed by atoms with Crippen molar-refractivity contribution < 1.29 is 13.0 Å². The van der Waals surface area contributed by atoms with Gasteiger partial charge in [0.05, 0.1) is 11.0 Å². The number of hydrogen-bond acceptors (Lipinski definition) is 3. The number of aryl methyl sites for hydroxylation is 1. The highest BCUT2D eigenvalue weighted by molar-refractivity contribution is 7.85. The molecule has 0 atom stereocenters. The van der Waals surface area contributed by atoms with Crippen molar-refractivity contribution in [2.75, 3.05) is 0 Å². The van der Waals surface area contributed by atoms with Gasteiger partial charge in [-0.3, -0.25) is 4.55 Å². The van der Waals surface area contributed by atoms with Crippen LogP contribution in [-0.2, 0) is 16.5 Å². The number of imidazole rings is 1. The Morgan fingerprint density at radius 1 is 0.743 bits per heavy atom. The quantitative estimate of drug-likeness (QED) is 0.144. The Bertz CT molecular complexity index is 1120. The third kappa shape index (κ3) is 8.76. The Balaban J connectivity index is 1.46. The van der Waals surface area contributed by atoms with Crippen molar-refractivity contribution in [3.63, 3.8) is 0 Å². The van der Waals surface area contributed by atoms with Crippen LogP contribution in [0.1, 0.15) is 102 Å². The second-order valence-corrected chi connectivity index (χ2v) is 11.1. The first-order valence-corrected chi connectivity index (χ1v) is 15.0. The van der Waals surface area contributed by atoms with Gasteiger partial charge in [0.1, 0.15) is 0 Å². The molecule has 0 aliphatic carbocycles. The number of unbranched alkanes of at least 4 members (excludes halogenated alkanes) is 13. The van der Waals surface area contributed by atoms with Gasteiger partial charge in [0.2, 0.25) is 0 Å². The zero-order valence-electron chi connectivity index (χ0n) is 21.3. The molecule has 2 aromatic carbocycles. The molecule has 0 unspecified atom stereocenters. The van der Waals surface area contributed by atoms with Crippen molar-refractivity contribution in [2.45, 2.75) is 108 Å². The van der Waals surface area contributed by atoms with E-state index < -0.39 is 15.3 Å². The molecule has 3 rings (SSSR count). The number of nitrogens with zero attached hydrogens (tertiary/aromatic N) is 1. The number of H-pyrrole nitrogens is 1. The zero-order chi connectivity index (χ0) is 24.9. The van der Waals surface area contributed by atoms with Gasteiger partial charge in [0.25, 0.3) is 5.16 Å². The molecule has 0 saturated carbocycles. The van der Waals surface area contributed by atoms with Gasteiger partial charge < -0.3 is 4.98 Å². The van der Waals surface area contributed by atoms with E-state index in [-0.39, 0.29) is 0 Å². The molecule has 0 bridgehead atoms. The largest absolute Gasteiger partial charge is 0.328 e. The Labute approximate surface area is 211 Å². The fraction of sp³-hybridized carbons (Fsp3) is 0.552. The van der Waals surface area contributed by atoms with Crippen LogP contribution in [0.3, 0.4) is 0 Å². The smallest absolute Gasteiger partial charge is 0.326 e. The lowest BCUT2D eigenvalue weighted by atomic mass is 9.94. The third-order valence-corrected chi connectivity index (χ3v) is 7.51. The van der Waals surface area contributed by atoms with E-state index in [1.807, 2.05) is 42.5 Å². The molecule has 0 fully saturated rings. The summed E-state index contributed by atoms with van der Waals surface area (Å²) >= 11 is 0. The Morgan fingerprint density at radius 2 is 1.29 bits per heavy atom. The number of nitrogens with one attached hydrogen (secondary N) is 1. The van der Waals surface area contributed by atoms with Crippen molar-refractivity contribution >= 4 is 21.2 Å². The summed E-state index contributed by atoms with van der Waals surface area (Å²) in [5.74, 6) is 0. The minimum Gasteiger partial charge on any atom is -0.326 e. The van der Waals surface area contributed by atoms with Crippen LogP contribution in [0, 0.1) is 0 Å². The summed E-state index contributed by atoms with van der Waals surface area (Å²) in [5.41, 5.74) is 4.37. The molecule has 0 amide bonds. The summed E-state index contributed by atoms with van der Waals surface area (Å²) < 4.78 is 32.7. The molecule has 0 aliphatic rings. The van der Waals surface area contributed by atoms with Crippen molar-refractivity contribution in [2.24, 2.45) is 0 Å². The lowest BCUT2D eigenvalue weighted by Crippen LogP contribution is -1.99. The molecule has 1 heterocycles. The molecular weight excluding hydrogens is 456 g/mol. The molecule has 2 N–H and O–H groups in total. The number of rotatable bonds is 17. The topological polar surface area (TPSA) is 83.1 Å². The maximum Gasteiger partial charge on any atom is 0.328 e. The molecule has 0 saturated heterocycles. The minimum absolute atomic E-state index is 0.404. The lowest BCUT2D eigenvalue weighted by molar-refractivity contribution is 0.476. The summed E-state index contributed by atoms with van der Waals surface area (Å²) in [7, 11) is -4.39. The Morgan fingerprint density at radius 3 is 1.83 bits per heavy atom. The van der Waals surface area contributed by atoms with Gasteiger partial charge in [-0.15, -0.1) is 0 Å². The van der Waals surface area contributed by atoms with E-state index in [0.29, 0.717) is 11.0 Å². The van der Waals surface area contributed by atoms with E-state index in [1.54, 1.807) is 0 Å². The van der Waals surface area contributed by atoms with Crippen LogP contribution in [0.4, 0.5) is 0 Å². The number of benzene rings is 2. The normalized spacial score (nSPS) is 11.9. The third-order valence-electron chi connectivity index (χ3n) is 6.83. The first-order chi connectivity index (χ1) is 17.0. The number of fused-ring (bicyclic) bond motifs is 1. The van der Waals surface area contributed by atoms with Crippen LogP contribution in [-0.4, -0.2) is 22.9 Å². The SMILES string of the molecule is CCCCCCCCCCCCCCCCc1ccc2nc(S(=O)(=O)O)[nH]c2c1-c1ccccc1. The molecular formula is C29H42N2O3S. The van der Waals surface area contributed by atoms with Crippen molar-refractivity contribution in [3.8, 4) is 11.1 Å². The summed E-state index contributed by atoms with van der Waals surface area (Å²) in [6, 6.07) is 13.9. The molecule has 5 nitrogen and oxygen atoms in total. The first-order valence-electron chi connectivity index (χ1n) is 13.5. The highest BCUT2D eigenvalue weighted by Crippen LogP contribution is 2.33. The predicted molar refractivity (Wildman–Crippen MR) is 145 cm³/mol. The Kier molecular flexibility index (Phi) is 11.3. The molecule has 0 aliphatic heterocycles. The van der Waals surface area contributed by atoms with E-state index in [9.17, 15) is 13.0 Å².